The van der Waals surface area contributed by atoms with Crippen molar-refractivity contribution in [3.05, 3.63) is 34.3 Å². The number of rotatable bonds is 3. The van der Waals surface area contributed by atoms with Gasteiger partial charge in [-0.15, -0.1) is 10.2 Å². The van der Waals surface area contributed by atoms with Crippen molar-refractivity contribution in [3.8, 4) is 5.75 Å². The smallest absolute Gasteiger partial charge is 0.257 e. The summed E-state index contributed by atoms with van der Waals surface area (Å²) in [6.45, 7) is 3.68. The summed E-state index contributed by atoms with van der Waals surface area (Å²) in [4.78, 5) is 12.1. The fourth-order valence-corrected chi connectivity index (χ4v) is 2.18. The molecule has 1 amide bonds. The van der Waals surface area contributed by atoms with Gasteiger partial charge in [0, 0.05) is 11.1 Å². The minimum atomic E-state index is -0.206. The number of nitrogens with zero attached hydrogens (tertiary/aromatic N) is 2. The van der Waals surface area contributed by atoms with Crippen molar-refractivity contribution >= 4 is 22.4 Å². The monoisotopic (exact) mass is 263 g/mol. The van der Waals surface area contributed by atoms with Crippen molar-refractivity contribution in [2.75, 3.05) is 12.4 Å². The third kappa shape index (κ3) is 2.48. The molecule has 1 aromatic heterocycles. The number of aromatic nitrogens is 2. The molecule has 0 aliphatic rings. The second-order valence-electron chi connectivity index (χ2n) is 3.71. The summed E-state index contributed by atoms with van der Waals surface area (Å²) < 4.78 is 5.18. The molecular weight excluding hydrogens is 250 g/mol. The number of anilines is 1. The van der Waals surface area contributed by atoms with Crippen LogP contribution in [-0.4, -0.2) is 23.2 Å². The number of nitrogens with one attached hydrogen (secondary N) is 1. The molecule has 0 radical (unpaired) electrons. The van der Waals surface area contributed by atoms with Crippen LogP contribution in [0.15, 0.2) is 18.2 Å². The molecule has 2 rings (SSSR count). The Morgan fingerprint density at radius 2 is 2.11 bits per heavy atom. The van der Waals surface area contributed by atoms with E-state index in [-0.39, 0.29) is 5.91 Å². The van der Waals surface area contributed by atoms with Crippen LogP contribution in [0, 0.1) is 13.8 Å². The molecule has 94 valence electrons. The highest BCUT2D eigenvalue weighted by atomic mass is 32.1. The highest BCUT2D eigenvalue weighted by Gasteiger charge is 2.13. The minimum absolute atomic E-state index is 0.206. The van der Waals surface area contributed by atoms with E-state index in [1.165, 1.54) is 11.3 Å². The lowest BCUT2D eigenvalue weighted by Crippen LogP contribution is -2.13. The van der Waals surface area contributed by atoms with Gasteiger partial charge in [0.25, 0.3) is 5.91 Å². The van der Waals surface area contributed by atoms with Crippen LogP contribution in [0.1, 0.15) is 20.9 Å². The Morgan fingerprint density at radius 1 is 1.33 bits per heavy atom. The van der Waals surface area contributed by atoms with Crippen molar-refractivity contribution in [2.24, 2.45) is 0 Å². The van der Waals surface area contributed by atoms with Crippen molar-refractivity contribution < 1.29 is 9.53 Å². The molecular formula is C12H13N3O2S. The Hall–Kier alpha value is -1.95. The molecule has 1 aromatic carbocycles. The fraction of sp³-hybridized carbons (Fsp3) is 0.250. The van der Waals surface area contributed by atoms with Crippen molar-refractivity contribution in [1.29, 1.82) is 0 Å². The van der Waals surface area contributed by atoms with Crippen LogP contribution in [0.2, 0.25) is 0 Å². The number of benzene rings is 1. The van der Waals surface area contributed by atoms with Gasteiger partial charge in [-0.3, -0.25) is 10.1 Å². The molecule has 0 saturated carbocycles. The van der Waals surface area contributed by atoms with E-state index in [0.29, 0.717) is 16.4 Å². The van der Waals surface area contributed by atoms with Gasteiger partial charge in [-0.05, 0) is 26.0 Å². The minimum Gasteiger partial charge on any atom is -0.496 e. The zero-order chi connectivity index (χ0) is 13.1. The summed E-state index contributed by atoms with van der Waals surface area (Å²) in [6, 6.07) is 5.36. The molecule has 5 nitrogen and oxygen atoms in total. The van der Waals surface area contributed by atoms with E-state index in [2.05, 4.69) is 15.5 Å². The first-order chi connectivity index (χ1) is 8.61. The zero-order valence-electron chi connectivity index (χ0n) is 10.4. The molecule has 0 aliphatic carbocycles. The van der Waals surface area contributed by atoms with Crippen LogP contribution >= 0.6 is 11.3 Å². The Kier molecular flexibility index (Phi) is 3.57. The molecule has 0 spiro atoms. The quantitative estimate of drug-likeness (QED) is 0.923. The summed E-state index contributed by atoms with van der Waals surface area (Å²) >= 11 is 1.34. The number of carbonyl (C=O) groups is 1. The van der Waals surface area contributed by atoms with Gasteiger partial charge in [0.15, 0.2) is 0 Å². The summed E-state index contributed by atoms with van der Waals surface area (Å²) in [6.07, 6.45) is 0. The van der Waals surface area contributed by atoms with Gasteiger partial charge >= 0.3 is 0 Å². The van der Waals surface area contributed by atoms with Crippen LogP contribution in [0.3, 0.4) is 0 Å². The Balaban J connectivity index is 2.24. The largest absolute Gasteiger partial charge is 0.496 e. The molecule has 6 heteroatoms. The van der Waals surface area contributed by atoms with E-state index >= 15 is 0 Å². The Labute approximate surface area is 109 Å². The van der Waals surface area contributed by atoms with Gasteiger partial charge in [0.2, 0.25) is 5.13 Å². The lowest BCUT2D eigenvalue weighted by atomic mass is 10.1. The number of ether oxygens (including phenoxy) is 1. The van der Waals surface area contributed by atoms with Gasteiger partial charge in [-0.25, -0.2) is 0 Å². The summed E-state index contributed by atoms with van der Waals surface area (Å²) in [5.74, 6) is 0.485. The average molecular weight is 263 g/mol. The topological polar surface area (TPSA) is 64.1 Å². The number of hydrogen-bond donors (Lipinski definition) is 1. The van der Waals surface area contributed by atoms with E-state index in [1.54, 1.807) is 19.2 Å². The number of carbonyl (C=O) groups excluding carboxylic acids is 1. The lowest BCUT2D eigenvalue weighted by molar-refractivity contribution is 0.102. The predicted octanol–water partition coefficient (Wildman–Crippen LogP) is 2.42. The van der Waals surface area contributed by atoms with E-state index in [1.807, 2.05) is 19.9 Å². The number of amides is 1. The molecule has 2 aromatic rings. The van der Waals surface area contributed by atoms with E-state index < -0.39 is 0 Å². The van der Waals surface area contributed by atoms with Gasteiger partial charge < -0.3 is 4.74 Å². The molecule has 1 heterocycles. The third-order valence-electron chi connectivity index (χ3n) is 2.50. The van der Waals surface area contributed by atoms with Crippen LogP contribution in [0.4, 0.5) is 5.13 Å². The normalized spacial score (nSPS) is 10.2. The zero-order valence-corrected chi connectivity index (χ0v) is 11.2. The molecule has 0 saturated heterocycles. The Bertz CT molecular complexity index is 580. The van der Waals surface area contributed by atoms with Gasteiger partial charge in [0.1, 0.15) is 10.8 Å². The second kappa shape index (κ2) is 5.14. The van der Waals surface area contributed by atoms with Gasteiger partial charge in [-0.2, -0.15) is 0 Å². The maximum atomic E-state index is 12.1. The summed E-state index contributed by atoms with van der Waals surface area (Å²) in [5, 5.41) is 11.7. The first-order valence-electron chi connectivity index (χ1n) is 5.37. The number of methoxy groups -OCH3 is 1. The first kappa shape index (κ1) is 12.5. The average Bonchev–Trinajstić information content (AvgIpc) is 2.75. The lowest BCUT2D eigenvalue weighted by Gasteiger charge is -2.09. The highest BCUT2D eigenvalue weighted by molar-refractivity contribution is 7.15. The molecule has 18 heavy (non-hydrogen) atoms. The van der Waals surface area contributed by atoms with Crippen molar-refractivity contribution in [3.63, 3.8) is 0 Å². The van der Waals surface area contributed by atoms with E-state index in [4.69, 9.17) is 4.74 Å². The molecule has 0 atom stereocenters. The summed E-state index contributed by atoms with van der Waals surface area (Å²) in [5.41, 5.74) is 1.38. The van der Waals surface area contributed by atoms with Crippen LogP contribution in [-0.2, 0) is 0 Å². The van der Waals surface area contributed by atoms with E-state index in [0.717, 1.165) is 10.6 Å². The van der Waals surface area contributed by atoms with Crippen molar-refractivity contribution in [2.45, 2.75) is 13.8 Å². The number of aryl methyl sites for hydroxylation is 1. The highest BCUT2D eigenvalue weighted by Crippen LogP contribution is 2.22. The van der Waals surface area contributed by atoms with Gasteiger partial charge in [-0.1, -0.05) is 17.4 Å². The van der Waals surface area contributed by atoms with Crippen LogP contribution in [0.5, 0.6) is 5.75 Å². The van der Waals surface area contributed by atoms with Crippen LogP contribution in [0.25, 0.3) is 0 Å². The third-order valence-corrected chi connectivity index (χ3v) is 3.25. The molecule has 0 fully saturated rings. The van der Waals surface area contributed by atoms with E-state index in [9.17, 15) is 4.79 Å². The predicted molar refractivity (Wildman–Crippen MR) is 70.3 cm³/mol. The first-order valence-corrected chi connectivity index (χ1v) is 6.18. The fourth-order valence-electron chi connectivity index (χ4n) is 1.59. The van der Waals surface area contributed by atoms with Crippen LogP contribution < -0.4 is 10.1 Å². The number of hydrogen-bond acceptors (Lipinski definition) is 5. The maximum absolute atomic E-state index is 12.1. The SMILES string of the molecule is COc1cccc(C(=O)Nc2nnc(C)s2)c1C. The molecule has 1 N–H and O–H groups in total. The van der Waals surface area contributed by atoms with Crippen molar-refractivity contribution in [1.82, 2.24) is 10.2 Å². The molecule has 0 bridgehead atoms. The molecule has 0 aliphatic heterocycles. The Morgan fingerprint density at radius 3 is 2.72 bits per heavy atom. The maximum Gasteiger partial charge on any atom is 0.257 e. The summed E-state index contributed by atoms with van der Waals surface area (Å²) in [7, 11) is 1.58. The standard InChI is InChI=1S/C12H13N3O2S/c1-7-9(5-4-6-10(7)17-3)11(16)13-12-15-14-8(2)18-12/h4-6H,1-3H3,(H,13,15,16). The molecule has 0 unspecified atom stereocenters. The van der Waals surface area contributed by atoms with Gasteiger partial charge in [0.05, 0.1) is 7.11 Å². The second-order valence-corrected chi connectivity index (χ2v) is 4.89.